The number of hydrogen-bond acceptors (Lipinski definition) is 5. The van der Waals surface area contributed by atoms with Gasteiger partial charge in [0.2, 0.25) is 5.91 Å². The largest absolute Gasteiger partial charge is 0.492 e. The van der Waals surface area contributed by atoms with Crippen molar-refractivity contribution in [3.05, 3.63) is 12.1 Å². The predicted molar refractivity (Wildman–Crippen MR) is 115 cm³/mol. The molecule has 1 aliphatic carbocycles. The molecular weight excluding hydrogens is 378 g/mol. The molecule has 1 aromatic carbocycles. The molecule has 0 bridgehead atoms. The molecule has 1 saturated carbocycles. The van der Waals surface area contributed by atoms with Crippen molar-refractivity contribution in [3.63, 3.8) is 0 Å². The fourth-order valence-electron chi connectivity index (χ4n) is 2.57. The van der Waals surface area contributed by atoms with E-state index in [-0.39, 0.29) is 11.8 Å². The summed E-state index contributed by atoms with van der Waals surface area (Å²) in [6, 6.07) is 3.60. The van der Waals surface area contributed by atoms with Crippen LogP contribution < -0.4 is 25.4 Å². The van der Waals surface area contributed by atoms with Crippen LogP contribution in [0.3, 0.4) is 0 Å². The maximum Gasteiger partial charge on any atom is 0.227 e. The minimum absolute atomic E-state index is 0.0237. The number of anilines is 2. The molecule has 0 radical (unpaired) electrons. The first-order chi connectivity index (χ1) is 13.6. The Morgan fingerprint density at radius 3 is 2.18 bits per heavy atom. The predicted octanol–water partition coefficient (Wildman–Crippen LogP) is 3.55. The van der Waals surface area contributed by atoms with E-state index < -0.39 is 0 Å². The van der Waals surface area contributed by atoms with Gasteiger partial charge in [-0.2, -0.15) is 0 Å². The first-order valence-electron chi connectivity index (χ1n) is 9.96. The maximum atomic E-state index is 12.2. The Balaban J connectivity index is 2.08. The number of hydrogen-bond donors (Lipinski definition) is 3. The number of carbonyl (C=O) groups excluding carboxylic acids is 1. The van der Waals surface area contributed by atoms with Gasteiger partial charge in [0, 0.05) is 37.8 Å². The number of ether oxygens (including phenoxy) is 3. The van der Waals surface area contributed by atoms with Crippen LogP contribution in [0.15, 0.2) is 12.1 Å². The molecule has 0 aromatic heterocycles. The molecule has 2 rings (SSSR count). The summed E-state index contributed by atoms with van der Waals surface area (Å²) < 4.78 is 16.8. The quantitative estimate of drug-likeness (QED) is 0.360. The lowest BCUT2D eigenvalue weighted by Gasteiger charge is -2.19. The average molecular weight is 410 g/mol. The fraction of sp³-hybridized carbons (Fsp3) is 0.600. The Bertz CT molecular complexity index is 665. The standard InChI is InChI=1S/C20H31N3O4S/c1-4-25-11-7-10-21-20(28)23-16-13-17(26-5-2)15(12-18(16)27-6-3)22-19(24)14-8-9-14/h12-14H,4-11H2,1-3H3,(H,22,24)(H2,21,23,28). The van der Waals surface area contributed by atoms with Gasteiger partial charge >= 0.3 is 0 Å². The summed E-state index contributed by atoms with van der Waals surface area (Å²) in [7, 11) is 0. The van der Waals surface area contributed by atoms with Crippen molar-refractivity contribution < 1.29 is 19.0 Å². The van der Waals surface area contributed by atoms with Crippen molar-refractivity contribution in [2.45, 2.75) is 40.0 Å². The molecule has 7 nitrogen and oxygen atoms in total. The van der Waals surface area contributed by atoms with Gasteiger partial charge < -0.3 is 30.2 Å². The number of thiocarbonyl (C=S) groups is 1. The van der Waals surface area contributed by atoms with Crippen LogP contribution in [0.2, 0.25) is 0 Å². The molecule has 3 N–H and O–H groups in total. The highest BCUT2D eigenvalue weighted by Crippen LogP contribution is 2.38. The Kier molecular flexibility index (Phi) is 9.30. The zero-order valence-electron chi connectivity index (χ0n) is 16.9. The minimum Gasteiger partial charge on any atom is -0.492 e. The molecule has 0 saturated heterocycles. The molecule has 1 amide bonds. The molecule has 8 heteroatoms. The molecule has 1 fully saturated rings. The molecule has 0 aliphatic heterocycles. The lowest BCUT2D eigenvalue weighted by molar-refractivity contribution is -0.117. The van der Waals surface area contributed by atoms with Crippen LogP contribution >= 0.6 is 12.2 Å². The molecule has 0 unspecified atom stereocenters. The number of amides is 1. The zero-order chi connectivity index (χ0) is 20.4. The van der Waals surface area contributed by atoms with Crippen LogP contribution in [-0.4, -0.2) is 44.0 Å². The van der Waals surface area contributed by atoms with Crippen LogP contribution in [0.1, 0.15) is 40.0 Å². The highest BCUT2D eigenvalue weighted by atomic mass is 32.1. The van der Waals surface area contributed by atoms with Gasteiger partial charge in [-0.15, -0.1) is 0 Å². The van der Waals surface area contributed by atoms with Gasteiger partial charge in [-0.1, -0.05) is 0 Å². The smallest absolute Gasteiger partial charge is 0.227 e. The molecule has 0 spiro atoms. The highest BCUT2D eigenvalue weighted by molar-refractivity contribution is 7.80. The number of benzene rings is 1. The Hall–Kier alpha value is -2.06. The van der Waals surface area contributed by atoms with E-state index in [0.29, 0.717) is 61.0 Å². The molecule has 0 atom stereocenters. The van der Waals surface area contributed by atoms with Crippen LogP contribution in [-0.2, 0) is 9.53 Å². The topological polar surface area (TPSA) is 80.9 Å². The van der Waals surface area contributed by atoms with Gasteiger partial charge in [-0.05, 0) is 52.3 Å². The summed E-state index contributed by atoms with van der Waals surface area (Å²) in [5.74, 6) is 1.32. The average Bonchev–Trinajstić information content (AvgIpc) is 3.50. The first-order valence-corrected chi connectivity index (χ1v) is 10.4. The third-order valence-corrected chi connectivity index (χ3v) is 4.34. The van der Waals surface area contributed by atoms with E-state index in [0.717, 1.165) is 19.3 Å². The van der Waals surface area contributed by atoms with Gasteiger partial charge in [-0.3, -0.25) is 4.79 Å². The second kappa shape index (κ2) is 11.7. The SMILES string of the molecule is CCOCCCNC(=S)Nc1cc(OCC)c(NC(=O)C2CC2)cc1OCC. The minimum atomic E-state index is 0.0237. The number of nitrogens with one attached hydrogen (secondary N) is 3. The van der Waals surface area contributed by atoms with Crippen molar-refractivity contribution in [2.75, 3.05) is 43.6 Å². The van der Waals surface area contributed by atoms with Gasteiger partial charge in [0.05, 0.1) is 24.6 Å². The number of carbonyl (C=O) groups is 1. The lowest BCUT2D eigenvalue weighted by atomic mass is 10.2. The van der Waals surface area contributed by atoms with E-state index in [2.05, 4.69) is 16.0 Å². The lowest BCUT2D eigenvalue weighted by Crippen LogP contribution is -2.30. The normalized spacial score (nSPS) is 13.0. The molecule has 28 heavy (non-hydrogen) atoms. The maximum absolute atomic E-state index is 12.2. The third kappa shape index (κ3) is 7.16. The zero-order valence-corrected chi connectivity index (χ0v) is 17.7. The second-order valence-corrected chi connectivity index (χ2v) is 6.81. The summed E-state index contributed by atoms with van der Waals surface area (Å²) in [6.07, 6.45) is 2.75. The Morgan fingerprint density at radius 2 is 1.64 bits per heavy atom. The van der Waals surface area contributed by atoms with Crippen LogP contribution in [0.25, 0.3) is 0 Å². The van der Waals surface area contributed by atoms with Crippen LogP contribution in [0, 0.1) is 5.92 Å². The van der Waals surface area contributed by atoms with Gasteiger partial charge in [0.1, 0.15) is 11.5 Å². The molecular formula is C20H31N3O4S. The molecule has 0 heterocycles. The van der Waals surface area contributed by atoms with Crippen molar-refractivity contribution in [1.29, 1.82) is 0 Å². The van der Waals surface area contributed by atoms with Gasteiger partial charge in [0.15, 0.2) is 5.11 Å². The van der Waals surface area contributed by atoms with E-state index >= 15 is 0 Å². The van der Waals surface area contributed by atoms with Gasteiger partial charge in [-0.25, -0.2) is 0 Å². The Labute approximate surface area is 172 Å². The third-order valence-electron chi connectivity index (χ3n) is 4.09. The highest BCUT2D eigenvalue weighted by Gasteiger charge is 2.30. The van der Waals surface area contributed by atoms with E-state index in [9.17, 15) is 4.79 Å². The van der Waals surface area contributed by atoms with E-state index in [4.69, 9.17) is 26.4 Å². The summed E-state index contributed by atoms with van der Waals surface area (Å²) in [4.78, 5) is 12.2. The van der Waals surface area contributed by atoms with E-state index in [1.165, 1.54) is 0 Å². The fourth-order valence-corrected chi connectivity index (χ4v) is 2.78. The van der Waals surface area contributed by atoms with Crippen molar-refractivity contribution in [1.82, 2.24) is 5.32 Å². The summed E-state index contributed by atoms with van der Waals surface area (Å²) in [6.45, 7) is 8.89. The van der Waals surface area contributed by atoms with Crippen LogP contribution in [0.4, 0.5) is 11.4 Å². The monoisotopic (exact) mass is 409 g/mol. The van der Waals surface area contributed by atoms with Crippen molar-refractivity contribution >= 4 is 34.6 Å². The molecule has 1 aliphatic rings. The summed E-state index contributed by atoms with van der Waals surface area (Å²) in [5.41, 5.74) is 1.31. The Morgan fingerprint density at radius 1 is 1.04 bits per heavy atom. The van der Waals surface area contributed by atoms with Crippen molar-refractivity contribution in [2.24, 2.45) is 5.92 Å². The van der Waals surface area contributed by atoms with Crippen LogP contribution in [0.5, 0.6) is 11.5 Å². The van der Waals surface area contributed by atoms with Crippen molar-refractivity contribution in [3.8, 4) is 11.5 Å². The molecule has 156 valence electrons. The summed E-state index contributed by atoms with van der Waals surface area (Å²) >= 11 is 5.38. The van der Waals surface area contributed by atoms with E-state index in [1.807, 2.05) is 26.8 Å². The first kappa shape index (κ1) is 22.2. The summed E-state index contributed by atoms with van der Waals surface area (Å²) in [5, 5.41) is 9.77. The molecule has 1 aromatic rings. The van der Waals surface area contributed by atoms with Gasteiger partial charge in [0.25, 0.3) is 0 Å². The van der Waals surface area contributed by atoms with E-state index in [1.54, 1.807) is 6.07 Å². The second-order valence-electron chi connectivity index (χ2n) is 6.41. The number of rotatable bonds is 12.